The molecule has 1 saturated heterocycles. The Kier molecular flexibility index (Phi) is 12.0. The molecular formula is C22H38IN7O2. The van der Waals surface area contributed by atoms with Crippen LogP contribution in [0.4, 0.5) is 0 Å². The number of guanidine groups is 1. The number of aromatic amines is 1. The summed E-state index contributed by atoms with van der Waals surface area (Å²) in [6, 6.07) is 4.13. The fourth-order valence-corrected chi connectivity index (χ4v) is 4.05. The van der Waals surface area contributed by atoms with Crippen molar-refractivity contribution >= 4 is 29.9 Å². The Labute approximate surface area is 208 Å². The molecule has 32 heavy (non-hydrogen) atoms. The van der Waals surface area contributed by atoms with Crippen LogP contribution < -0.4 is 10.6 Å². The molecule has 0 amide bonds. The summed E-state index contributed by atoms with van der Waals surface area (Å²) in [5.74, 6) is 3.55. The van der Waals surface area contributed by atoms with Gasteiger partial charge < -0.3 is 19.8 Å². The van der Waals surface area contributed by atoms with Gasteiger partial charge >= 0.3 is 0 Å². The maximum atomic E-state index is 5.56. The number of morpholine rings is 1. The number of H-pyrrole nitrogens is 1. The van der Waals surface area contributed by atoms with Gasteiger partial charge in [0.15, 0.2) is 11.7 Å². The first kappa shape index (κ1) is 26.6. The highest BCUT2D eigenvalue weighted by Gasteiger charge is 2.26. The maximum absolute atomic E-state index is 5.56. The molecule has 0 aromatic carbocycles. The van der Waals surface area contributed by atoms with Gasteiger partial charge in [-0.3, -0.25) is 15.0 Å². The molecule has 1 atom stereocenters. The number of aliphatic imine (C=N–C) groups is 1. The molecule has 1 aliphatic heterocycles. The van der Waals surface area contributed by atoms with E-state index in [1.54, 1.807) is 6.26 Å². The second-order valence-electron chi connectivity index (χ2n) is 7.77. The van der Waals surface area contributed by atoms with Crippen molar-refractivity contribution in [3.63, 3.8) is 0 Å². The number of hydrogen-bond acceptors (Lipinski definition) is 6. The second-order valence-corrected chi connectivity index (χ2v) is 7.77. The first-order chi connectivity index (χ1) is 15.2. The molecule has 3 rings (SSSR count). The van der Waals surface area contributed by atoms with E-state index in [0.29, 0.717) is 30.1 Å². The quantitative estimate of drug-likeness (QED) is 0.221. The molecule has 180 valence electrons. The van der Waals surface area contributed by atoms with Crippen molar-refractivity contribution in [2.24, 2.45) is 10.9 Å². The molecule has 10 heteroatoms. The normalized spacial score (nSPS) is 16.1. The predicted molar refractivity (Wildman–Crippen MR) is 137 cm³/mol. The molecular weight excluding hydrogens is 521 g/mol. The van der Waals surface area contributed by atoms with Gasteiger partial charge in [-0.05, 0) is 25.0 Å². The third-order valence-electron chi connectivity index (χ3n) is 5.82. The minimum atomic E-state index is 0. The highest BCUT2D eigenvalue weighted by atomic mass is 127. The summed E-state index contributed by atoms with van der Waals surface area (Å²) in [5, 5.41) is 14.0. The number of hydrogen-bond donors (Lipinski definition) is 3. The molecule has 1 unspecified atom stereocenters. The van der Waals surface area contributed by atoms with Crippen molar-refractivity contribution < 1.29 is 9.15 Å². The van der Waals surface area contributed by atoms with Gasteiger partial charge in [-0.1, -0.05) is 26.7 Å². The number of nitrogens with zero attached hydrogens (tertiary/aromatic N) is 4. The van der Waals surface area contributed by atoms with Gasteiger partial charge in [0.25, 0.3) is 0 Å². The largest absolute Gasteiger partial charge is 0.461 e. The third-order valence-corrected chi connectivity index (χ3v) is 5.82. The average Bonchev–Trinajstić information content (AvgIpc) is 3.49. The van der Waals surface area contributed by atoms with Gasteiger partial charge in [0, 0.05) is 38.6 Å². The smallest absolute Gasteiger partial charge is 0.216 e. The molecule has 1 fully saturated rings. The van der Waals surface area contributed by atoms with Crippen LogP contribution in [0.5, 0.6) is 0 Å². The number of rotatable bonds is 11. The zero-order valence-electron chi connectivity index (χ0n) is 19.5. The van der Waals surface area contributed by atoms with E-state index in [2.05, 4.69) is 51.5 Å². The van der Waals surface area contributed by atoms with Crippen LogP contribution in [-0.4, -0.2) is 78.0 Å². The topological polar surface area (TPSA) is 104 Å². The Hall–Kier alpha value is -1.66. The van der Waals surface area contributed by atoms with Gasteiger partial charge in [0.05, 0.1) is 26.0 Å². The summed E-state index contributed by atoms with van der Waals surface area (Å²) in [6.07, 6.45) is 4.68. The van der Waals surface area contributed by atoms with Gasteiger partial charge in [-0.2, -0.15) is 5.10 Å². The van der Waals surface area contributed by atoms with Crippen LogP contribution in [0.2, 0.25) is 0 Å². The van der Waals surface area contributed by atoms with Crippen LogP contribution >= 0.6 is 24.0 Å². The Morgan fingerprint density at radius 3 is 2.66 bits per heavy atom. The average molecular weight is 559 g/mol. The Morgan fingerprint density at radius 2 is 2.00 bits per heavy atom. The highest BCUT2D eigenvalue weighted by Crippen LogP contribution is 2.20. The van der Waals surface area contributed by atoms with Gasteiger partial charge in [0.2, 0.25) is 5.82 Å². The van der Waals surface area contributed by atoms with E-state index in [4.69, 9.17) is 14.1 Å². The molecule has 1 aliphatic rings. The zero-order chi connectivity index (χ0) is 21.9. The molecule has 2 aromatic rings. The lowest BCUT2D eigenvalue weighted by atomic mass is 9.92. The van der Waals surface area contributed by atoms with Crippen LogP contribution in [0.3, 0.4) is 0 Å². The molecule has 2 aromatic heterocycles. The van der Waals surface area contributed by atoms with E-state index in [0.717, 1.165) is 57.6 Å². The lowest BCUT2D eigenvalue weighted by molar-refractivity contribution is 0.00395. The van der Waals surface area contributed by atoms with Crippen molar-refractivity contribution in [3.8, 4) is 11.6 Å². The van der Waals surface area contributed by atoms with E-state index >= 15 is 0 Å². The number of ether oxygens (including phenoxy) is 1. The predicted octanol–water partition coefficient (Wildman–Crippen LogP) is 2.92. The van der Waals surface area contributed by atoms with Crippen LogP contribution in [0, 0.1) is 5.92 Å². The van der Waals surface area contributed by atoms with Crippen molar-refractivity contribution in [2.75, 3.05) is 45.9 Å². The number of nitrogens with one attached hydrogen (secondary N) is 3. The zero-order valence-corrected chi connectivity index (χ0v) is 21.8. The summed E-state index contributed by atoms with van der Waals surface area (Å²) < 4.78 is 10.9. The van der Waals surface area contributed by atoms with E-state index in [1.807, 2.05) is 12.1 Å². The van der Waals surface area contributed by atoms with Gasteiger partial charge in [0.1, 0.15) is 5.82 Å². The first-order valence-corrected chi connectivity index (χ1v) is 11.5. The van der Waals surface area contributed by atoms with E-state index < -0.39 is 0 Å². The van der Waals surface area contributed by atoms with Crippen molar-refractivity contribution in [3.05, 3.63) is 24.2 Å². The van der Waals surface area contributed by atoms with E-state index in [1.165, 1.54) is 12.8 Å². The van der Waals surface area contributed by atoms with Crippen LogP contribution in [0.1, 0.15) is 39.4 Å². The fourth-order valence-electron chi connectivity index (χ4n) is 4.05. The Balaban J connectivity index is 0.00000363. The number of halogens is 1. The number of furan rings is 1. The molecule has 0 aliphatic carbocycles. The first-order valence-electron chi connectivity index (χ1n) is 11.5. The van der Waals surface area contributed by atoms with Gasteiger partial charge in [-0.15, -0.1) is 24.0 Å². The summed E-state index contributed by atoms with van der Waals surface area (Å²) in [4.78, 5) is 12.0. The molecule has 0 radical (unpaired) electrons. The Morgan fingerprint density at radius 1 is 1.22 bits per heavy atom. The standard InChI is InChI=1S/C22H37N7O2.HI/c1-4-17(5-2)18(29-11-14-30-15-12-29)16-25-22(23-6-3)24-10-9-20-26-21(28-27-20)19-8-7-13-31-19;/h7-8,13,17-18H,4-6,9-12,14-16H2,1-3H3,(H2,23,24,25)(H,26,27,28);1H. The monoisotopic (exact) mass is 559 g/mol. The summed E-state index contributed by atoms with van der Waals surface area (Å²) in [7, 11) is 0. The molecule has 0 saturated carbocycles. The summed E-state index contributed by atoms with van der Waals surface area (Å²) in [5.41, 5.74) is 0. The molecule has 3 N–H and O–H groups in total. The van der Waals surface area contributed by atoms with Crippen LogP contribution in [0.15, 0.2) is 27.8 Å². The number of aromatic nitrogens is 3. The van der Waals surface area contributed by atoms with E-state index in [-0.39, 0.29) is 24.0 Å². The van der Waals surface area contributed by atoms with Crippen molar-refractivity contribution in [1.29, 1.82) is 0 Å². The molecule has 9 nitrogen and oxygen atoms in total. The lowest BCUT2D eigenvalue weighted by Gasteiger charge is -2.38. The highest BCUT2D eigenvalue weighted by molar-refractivity contribution is 14.0. The van der Waals surface area contributed by atoms with Crippen molar-refractivity contribution in [1.82, 2.24) is 30.7 Å². The molecule has 3 heterocycles. The molecule has 0 spiro atoms. The minimum absolute atomic E-state index is 0. The third kappa shape index (κ3) is 7.73. The van der Waals surface area contributed by atoms with Crippen LogP contribution in [-0.2, 0) is 11.2 Å². The lowest BCUT2D eigenvalue weighted by Crippen LogP contribution is -2.49. The SMILES string of the molecule is CCNC(=NCC(C(CC)CC)N1CCOCC1)NCCc1nc(-c2ccco2)n[nH]1.I. The van der Waals surface area contributed by atoms with Gasteiger partial charge in [-0.25, -0.2) is 4.98 Å². The summed E-state index contributed by atoms with van der Waals surface area (Å²) in [6.45, 7) is 12.6. The minimum Gasteiger partial charge on any atom is -0.461 e. The summed E-state index contributed by atoms with van der Waals surface area (Å²) >= 11 is 0. The second kappa shape index (κ2) is 14.5. The molecule has 0 bridgehead atoms. The Bertz CT molecular complexity index is 771. The van der Waals surface area contributed by atoms with Crippen molar-refractivity contribution in [2.45, 2.75) is 46.1 Å². The van der Waals surface area contributed by atoms with Crippen LogP contribution in [0.25, 0.3) is 11.6 Å². The maximum Gasteiger partial charge on any atom is 0.216 e. The fraction of sp³-hybridized carbons (Fsp3) is 0.682. The van der Waals surface area contributed by atoms with E-state index in [9.17, 15) is 0 Å².